The first-order chi connectivity index (χ1) is 27.5. The van der Waals surface area contributed by atoms with E-state index >= 15 is 0 Å². The molecule has 7 aromatic carbocycles. The van der Waals surface area contributed by atoms with Crippen molar-refractivity contribution in [2.24, 2.45) is 0 Å². The minimum atomic E-state index is -1.67. The summed E-state index contributed by atoms with van der Waals surface area (Å²) in [5, 5.41) is 232. The summed E-state index contributed by atoms with van der Waals surface area (Å²) >= 11 is 0. The molecule has 0 unspecified atom stereocenters. The van der Waals surface area contributed by atoms with Gasteiger partial charge in [-0.05, 0) is 0 Å². The normalized spacial score (nSPS) is 11.9. The molecule has 0 saturated carbocycles. The lowest BCUT2D eigenvalue weighted by molar-refractivity contribution is 0.330. The second-order valence-corrected chi connectivity index (χ2v) is 12.9. The number of furan rings is 1. The van der Waals surface area contributed by atoms with Gasteiger partial charge in [0.25, 0.3) is 0 Å². The Bertz CT molecular complexity index is 3230. The zero-order valence-corrected chi connectivity index (χ0v) is 28.2. The fourth-order valence-electron chi connectivity index (χ4n) is 7.37. The summed E-state index contributed by atoms with van der Waals surface area (Å²) in [5.74, 6) is -34.4. The topological polar surface area (TPSA) is 458 Å². The van der Waals surface area contributed by atoms with E-state index in [1.165, 1.54) is 0 Å². The van der Waals surface area contributed by atoms with Crippen LogP contribution in [0.1, 0.15) is 0 Å². The molecule has 0 atom stereocenters. The molecule has 0 spiro atoms. The summed E-state index contributed by atoms with van der Waals surface area (Å²) < 4.78 is 5.42. The molecular weight excluding hydrogens is 800 g/mol. The van der Waals surface area contributed by atoms with Crippen LogP contribution in [-0.2, 0) is 0 Å². The average molecular weight is 823 g/mol. The van der Waals surface area contributed by atoms with Crippen LogP contribution in [0.4, 0.5) is 0 Å². The highest BCUT2D eigenvalue weighted by molar-refractivity contribution is 6.33. The van der Waals surface area contributed by atoms with Gasteiger partial charge >= 0.3 is 0 Å². The molecule has 8 aromatic rings. The van der Waals surface area contributed by atoms with Gasteiger partial charge in [0.2, 0.25) is 63.2 Å². The summed E-state index contributed by atoms with van der Waals surface area (Å²) in [6.07, 6.45) is 0. The summed E-state index contributed by atoms with van der Waals surface area (Å²) in [6, 6.07) is 0. The molecule has 0 radical (unpaired) electrons. The number of aromatic hydroxyl groups is 22. The van der Waals surface area contributed by atoms with Crippen LogP contribution in [0.15, 0.2) is 4.42 Å². The standard InChI is InChI=1S/C36H22O23/c37-13-9(22(46)34(58)36-12(13)8-7-11(23(47)33(57)35(8)59-36)21(45)29(53)28(52)18(7)42)1-3-5(16(40)26(50)24(48)14(3)38)2(6-4(1)15(39)25(49)27(51)17(6)41)10-19(43)30(54)32(56)31(55)20(10)44/h37-58H. The molecule has 0 saturated heterocycles. The van der Waals surface area contributed by atoms with Gasteiger partial charge in [-0.25, -0.2) is 0 Å². The van der Waals surface area contributed by atoms with Gasteiger partial charge in [0.05, 0.1) is 21.9 Å². The van der Waals surface area contributed by atoms with Crippen molar-refractivity contribution in [2.75, 3.05) is 0 Å². The van der Waals surface area contributed by atoms with Crippen LogP contribution in [0.25, 0.3) is 76.5 Å². The fraction of sp³-hybridized carbons (Fsp3) is 0. The Kier molecular flexibility index (Phi) is 6.94. The molecule has 1 aromatic heterocycles. The SMILES string of the molecule is Oc1c(O)c(O)c(-c2c3c(O)c(O)c(O)c(O)c3c(-c3c(O)c(O)c4oc5c(O)c(O)c6c(O)c(O)c(O)c(O)c6c5c4c3O)c3c(O)c(O)c(O)c(O)c23)c(O)c1O. The van der Waals surface area contributed by atoms with Gasteiger partial charge in [-0.2, -0.15) is 0 Å². The lowest BCUT2D eigenvalue weighted by atomic mass is 9.82. The first-order valence-corrected chi connectivity index (χ1v) is 15.8. The van der Waals surface area contributed by atoms with Crippen LogP contribution in [0.5, 0.6) is 126 Å². The van der Waals surface area contributed by atoms with Crippen LogP contribution in [0, 0.1) is 0 Å². The fourth-order valence-corrected chi connectivity index (χ4v) is 7.37. The Labute approximate surface area is 319 Å². The molecule has 0 fully saturated rings. The minimum absolute atomic E-state index is 0.877. The molecule has 0 bridgehead atoms. The quantitative estimate of drug-likeness (QED) is 0.0667. The van der Waals surface area contributed by atoms with Crippen LogP contribution in [0.3, 0.4) is 0 Å². The molecule has 22 N–H and O–H groups in total. The maximum absolute atomic E-state index is 12.1. The van der Waals surface area contributed by atoms with Gasteiger partial charge in [-0.1, -0.05) is 0 Å². The summed E-state index contributed by atoms with van der Waals surface area (Å²) in [7, 11) is 0. The first kappa shape index (κ1) is 36.7. The second-order valence-electron chi connectivity index (χ2n) is 12.9. The molecule has 304 valence electrons. The van der Waals surface area contributed by atoms with Gasteiger partial charge in [-0.3, -0.25) is 0 Å². The minimum Gasteiger partial charge on any atom is -0.506 e. The number of rotatable bonds is 2. The summed E-state index contributed by atoms with van der Waals surface area (Å²) in [6.45, 7) is 0. The monoisotopic (exact) mass is 822 g/mol. The number of fused-ring (bicyclic) bond motifs is 7. The lowest BCUT2D eigenvalue weighted by Crippen LogP contribution is -1.96. The Balaban J connectivity index is 1.77. The zero-order chi connectivity index (χ0) is 43.5. The van der Waals surface area contributed by atoms with Crippen molar-refractivity contribution in [3.8, 4) is 149 Å². The zero-order valence-electron chi connectivity index (χ0n) is 28.2. The van der Waals surface area contributed by atoms with Crippen LogP contribution in [0.2, 0.25) is 0 Å². The van der Waals surface area contributed by atoms with E-state index in [1.807, 2.05) is 0 Å². The van der Waals surface area contributed by atoms with Crippen molar-refractivity contribution >= 4 is 54.3 Å². The van der Waals surface area contributed by atoms with Crippen molar-refractivity contribution in [1.29, 1.82) is 0 Å². The van der Waals surface area contributed by atoms with E-state index in [0.717, 1.165) is 0 Å². The molecule has 23 nitrogen and oxygen atoms in total. The Morgan fingerprint density at radius 1 is 0.153 bits per heavy atom. The predicted molar refractivity (Wildman–Crippen MR) is 194 cm³/mol. The van der Waals surface area contributed by atoms with Crippen molar-refractivity contribution < 1.29 is 117 Å². The van der Waals surface area contributed by atoms with Gasteiger partial charge < -0.3 is 117 Å². The summed E-state index contributed by atoms with van der Waals surface area (Å²) in [5.41, 5.74) is -7.37. The third-order valence-electron chi connectivity index (χ3n) is 10.0. The number of phenolic OH excluding ortho intramolecular Hbond substituents is 22. The highest BCUT2D eigenvalue weighted by Gasteiger charge is 2.39. The summed E-state index contributed by atoms with van der Waals surface area (Å²) in [4.78, 5) is 0. The third-order valence-corrected chi connectivity index (χ3v) is 10.0. The van der Waals surface area contributed by atoms with Crippen molar-refractivity contribution in [3.05, 3.63) is 0 Å². The molecule has 0 aliphatic rings. The highest BCUT2D eigenvalue weighted by Crippen LogP contribution is 2.68. The van der Waals surface area contributed by atoms with Gasteiger partial charge in [0.1, 0.15) is 5.75 Å². The average Bonchev–Trinajstić information content (AvgIpc) is 3.61. The second kappa shape index (κ2) is 11.2. The first-order valence-electron chi connectivity index (χ1n) is 15.8. The molecule has 0 aliphatic heterocycles. The third kappa shape index (κ3) is 4.02. The largest absolute Gasteiger partial charge is 0.506 e. The number of hydrogen-bond acceptors (Lipinski definition) is 23. The molecular formula is C36H22O23. The van der Waals surface area contributed by atoms with Crippen molar-refractivity contribution in [3.63, 3.8) is 0 Å². The Morgan fingerprint density at radius 2 is 0.390 bits per heavy atom. The highest BCUT2D eigenvalue weighted by atomic mass is 16.4. The molecule has 23 heteroatoms. The molecule has 0 aliphatic carbocycles. The maximum Gasteiger partial charge on any atom is 0.208 e. The van der Waals surface area contributed by atoms with E-state index in [2.05, 4.69) is 0 Å². The van der Waals surface area contributed by atoms with Gasteiger partial charge in [0, 0.05) is 43.4 Å². The lowest BCUT2D eigenvalue weighted by Gasteiger charge is -2.24. The molecule has 59 heavy (non-hydrogen) atoms. The Hall–Kier alpha value is -9.28. The van der Waals surface area contributed by atoms with E-state index in [0.29, 0.717) is 0 Å². The molecule has 1 heterocycles. The van der Waals surface area contributed by atoms with E-state index in [-0.39, 0.29) is 0 Å². The van der Waals surface area contributed by atoms with E-state index < -0.39 is 203 Å². The number of hydrogen-bond donors (Lipinski definition) is 22. The molecule has 0 amide bonds. The number of benzene rings is 7. The molecule has 8 rings (SSSR count). The van der Waals surface area contributed by atoms with Crippen molar-refractivity contribution in [1.82, 2.24) is 0 Å². The van der Waals surface area contributed by atoms with Crippen LogP contribution in [-0.4, -0.2) is 112 Å². The van der Waals surface area contributed by atoms with Gasteiger partial charge in [-0.15, -0.1) is 0 Å². The van der Waals surface area contributed by atoms with Gasteiger partial charge in [0.15, 0.2) is 68.7 Å². The predicted octanol–water partition coefficient (Wildman–Crippen LogP) is 3.90. The maximum atomic E-state index is 12.1. The van der Waals surface area contributed by atoms with Crippen LogP contribution >= 0.6 is 0 Å². The van der Waals surface area contributed by atoms with Crippen LogP contribution < -0.4 is 0 Å². The van der Waals surface area contributed by atoms with E-state index in [9.17, 15) is 112 Å². The smallest absolute Gasteiger partial charge is 0.208 e. The van der Waals surface area contributed by atoms with E-state index in [4.69, 9.17) is 4.42 Å². The Morgan fingerprint density at radius 3 is 0.780 bits per heavy atom. The van der Waals surface area contributed by atoms with Crippen molar-refractivity contribution in [2.45, 2.75) is 0 Å². The number of phenols is 22. The van der Waals surface area contributed by atoms with E-state index in [1.54, 1.807) is 0 Å².